The van der Waals surface area contributed by atoms with E-state index in [0.29, 0.717) is 16.6 Å². The van der Waals surface area contributed by atoms with E-state index in [-0.39, 0.29) is 48.0 Å². The zero-order valence-electron chi connectivity index (χ0n) is 19.2. The minimum atomic E-state index is -1.37. The second kappa shape index (κ2) is 9.69. The lowest BCUT2D eigenvalue weighted by Crippen LogP contribution is -2.42. The number of benzene rings is 1. The molecule has 0 unspecified atom stereocenters. The van der Waals surface area contributed by atoms with Crippen molar-refractivity contribution in [2.75, 3.05) is 6.54 Å². The third-order valence-electron chi connectivity index (χ3n) is 6.25. The number of carbonyl (C=O) groups is 3. The number of aromatic nitrogens is 3. The summed E-state index contributed by atoms with van der Waals surface area (Å²) in [5.41, 5.74) is 6.76. The van der Waals surface area contributed by atoms with E-state index in [2.05, 4.69) is 10.1 Å². The molecule has 184 valence electrons. The maximum atomic E-state index is 14.4. The van der Waals surface area contributed by atoms with Crippen LogP contribution in [0.2, 0.25) is 5.02 Å². The molecule has 35 heavy (non-hydrogen) atoms. The largest absolute Gasteiger partial charge is 0.364 e. The highest BCUT2D eigenvalue weighted by Gasteiger charge is 2.40. The summed E-state index contributed by atoms with van der Waals surface area (Å²) < 4.78 is 30.0. The number of nitrogens with zero attached hydrogens (tertiary/aromatic N) is 4. The van der Waals surface area contributed by atoms with Gasteiger partial charge in [0.1, 0.15) is 18.5 Å². The number of alkyl halides is 1. The number of nitrogens with two attached hydrogens (primary N) is 1. The van der Waals surface area contributed by atoms with Crippen LogP contribution in [-0.4, -0.2) is 56.0 Å². The van der Waals surface area contributed by atoms with Gasteiger partial charge in [-0.3, -0.25) is 24.0 Å². The molecule has 0 bridgehead atoms. The average Bonchev–Trinajstić information content (AvgIpc) is 3.36. The van der Waals surface area contributed by atoms with Crippen LogP contribution in [0.3, 0.4) is 0 Å². The van der Waals surface area contributed by atoms with Crippen LogP contribution in [0.25, 0.3) is 10.9 Å². The van der Waals surface area contributed by atoms with Crippen molar-refractivity contribution in [3.63, 3.8) is 0 Å². The minimum Gasteiger partial charge on any atom is -0.364 e. The van der Waals surface area contributed by atoms with Crippen molar-refractivity contribution in [3.05, 3.63) is 58.3 Å². The molecule has 2 aromatic heterocycles. The summed E-state index contributed by atoms with van der Waals surface area (Å²) in [6, 6.07) is 5.21. The minimum absolute atomic E-state index is 0.00640. The Hall–Kier alpha value is -3.40. The highest BCUT2D eigenvalue weighted by atomic mass is 35.5. The first-order valence-corrected chi connectivity index (χ1v) is 11.5. The number of pyridine rings is 1. The average molecular weight is 504 g/mol. The van der Waals surface area contributed by atoms with E-state index in [0.717, 1.165) is 0 Å². The van der Waals surface area contributed by atoms with Crippen molar-refractivity contribution in [2.24, 2.45) is 5.73 Å². The van der Waals surface area contributed by atoms with Gasteiger partial charge in [-0.15, -0.1) is 0 Å². The molecule has 11 heteroatoms. The normalized spacial score (nSPS) is 18.7. The molecular formula is C24H24ClF2N5O3. The summed E-state index contributed by atoms with van der Waals surface area (Å²) in [5.74, 6) is -2.78. The van der Waals surface area contributed by atoms with Crippen LogP contribution >= 0.6 is 11.6 Å². The molecule has 0 saturated carbocycles. The topological polar surface area (TPSA) is 111 Å². The molecule has 1 aliphatic rings. The predicted molar refractivity (Wildman–Crippen MR) is 125 cm³/mol. The number of amides is 2. The maximum Gasteiger partial charge on any atom is 0.269 e. The Bertz CT molecular complexity index is 1330. The number of Topliss-reactive ketones (excluding diaryl/α,β-unsaturated/α-hetero) is 1. The summed E-state index contributed by atoms with van der Waals surface area (Å²) in [6.45, 7) is 2.85. The predicted octanol–water partition coefficient (Wildman–Crippen LogP) is 3.33. The molecular weight excluding hydrogens is 480 g/mol. The van der Waals surface area contributed by atoms with E-state index in [1.807, 2.05) is 0 Å². The Morgan fingerprint density at radius 2 is 2.06 bits per heavy atom. The second-order valence-electron chi connectivity index (χ2n) is 8.82. The van der Waals surface area contributed by atoms with Gasteiger partial charge in [0.25, 0.3) is 5.91 Å². The lowest BCUT2D eigenvalue weighted by atomic mass is 9.92. The molecule has 0 aliphatic carbocycles. The molecule has 4 rings (SSSR count). The van der Waals surface area contributed by atoms with Crippen molar-refractivity contribution in [1.82, 2.24) is 19.7 Å². The molecule has 2 N–H and O–H groups in total. The van der Waals surface area contributed by atoms with E-state index < -0.39 is 35.8 Å². The molecule has 8 nitrogen and oxygen atoms in total. The van der Waals surface area contributed by atoms with Crippen LogP contribution in [0.5, 0.6) is 0 Å². The zero-order valence-corrected chi connectivity index (χ0v) is 19.9. The summed E-state index contributed by atoms with van der Waals surface area (Å²) in [4.78, 5) is 43.4. The fourth-order valence-electron chi connectivity index (χ4n) is 4.51. The number of primary amides is 1. The van der Waals surface area contributed by atoms with Gasteiger partial charge in [-0.1, -0.05) is 30.7 Å². The van der Waals surface area contributed by atoms with Gasteiger partial charge < -0.3 is 10.6 Å². The molecule has 1 saturated heterocycles. The number of rotatable bonds is 7. The molecule has 3 aromatic rings. The zero-order chi connectivity index (χ0) is 25.4. The first-order valence-electron chi connectivity index (χ1n) is 11.1. The van der Waals surface area contributed by atoms with Crippen LogP contribution in [0.4, 0.5) is 8.78 Å². The van der Waals surface area contributed by atoms with E-state index in [1.54, 1.807) is 32.0 Å². The Morgan fingerprint density at radius 1 is 1.31 bits per heavy atom. The summed E-state index contributed by atoms with van der Waals surface area (Å²) in [7, 11) is 0. The second-order valence-corrected chi connectivity index (χ2v) is 9.23. The van der Waals surface area contributed by atoms with Gasteiger partial charge in [0, 0.05) is 23.9 Å². The molecule has 1 fully saturated rings. The molecule has 1 aliphatic heterocycles. The monoisotopic (exact) mass is 503 g/mol. The lowest BCUT2D eigenvalue weighted by molar-refractivity contribution is -0.138. The van der Waals surface area contributed by atoms with Crippen molar-refractivity contribution < 1.29 is 23.2 Å². The fourth-order valence-corrected chi connectivity index (χ4v) is 4.69. The van der Waals surface area contributed by atoms with Crippen molar-refractivity contribution >= 4 is 40.1 Å². The van der Waals surface area contributed by atoms with E-state index in [9.17, 15) is 23.2 Å². The van der Waals surface area contributed by atoms with Crippen LogP contribution in [-0.2, 0) is 16.1 Å². The number of ketones is 1. The van der Waals surface area contributed by atoms with Crippen LogP contribution in [0.15, 0.2) is 30.5 Å². The molecule has 2 amide bonds. The maximum absolute atomic E-state index is 14.4. The third kappa shape index (κ3) is 4.88. The van der Waals surface area contributed by atoms with Crippen molar-refractivity contribution in [2.45, 2.75) is 51.4 Å². The molecule has 1 aromatic carbocycles. The van der Waals surface area contributed by atoms with E-state index >= 15 is 0 Å². The van der Waals surface area contributed by atoms with Crippen molar-refractivity contribution in [3.8, 4) is 0 Å². The highest BCUT2D eigenvalue weighted by Crippen LogP contribution is 2.30. The van der Waals surface area contributed by atoms with Gasteiger partial charge >= 0.3 is 0 Å². The first-order chi connectivity index (χ1) is 16.6. The number of hydrogen-bond donors (Lipinski definition) is 1. The number of aryl methyl sites for hydroxylation is 1. The Balaban J connectivity index is 1.54. The van der Waals surface area contributed by atoms with Crippen LogP contribution in [0.1, 0.15) is 47.4 Å². The van der Waals surface area contributed by atoms with Gasteiger partial charge in [-0.05, 0) is 30.5 Å². The van der Waals surface area contributed by atoms with E-state index in [4.69, 9.17) is 17.3 Å². The number of halogens is 3. The smallest absolute Gasteiger partial charge is 0.269 e. The van der Waals surface area contributed by atoms with Gasteiger partial charge in [0.05, 0.1) is 29.3 Å². The number of carbonyl (C=O) groups excluding carboxylic acids is 3. The van der Waals surface area contributed by atoms with Crippen molar-refractivity contribution in [1.29, 1.82) is 0 Å². The van der Waals surface area contributed by atoms with Gasteiger partial charge in [-0.25, -0.2) is 8.78 Å². The number of hydrogen-bond acceptors (Lipinski definition) is 5. The number of likely N-dealkylation sites (tertiary alicyclic amines) is 1. The summed E-state index contributed by atoms with van der Waals surface area (Å²) in [5, 5.41) is 4.56. The van der Waals surface area contributed by atoms with Crippen LogP contribution in [0, 0.1) is 12.7 Å². The first kappa shape index (κ1) is 24.7. The standard InChI is InChI=1S/C24H24ClF2N5O3/c1-12(15-4-3-5-17(25)22(15)27)6-20(33)18-8-14(26)10-31(18)21(34)11-32-19-9-29-13(2)7-16(19)23(30-32)24(28)35/h3-5,7,9,12,14,18H,6,8,10-11H2,1-2H3,(H2,28,35)/t12-,14+,18-/m0/s1. The van der Waals surface area contributed by atoms with Crippen LogP contribution < -0.4 is 5.73 Å². The third-order valence-corrected chi connectivity index (χ3v) is 6.55. The van der Waals surface area contributed by atoms with Gasteiger partial charge in [0.15, 0.2) is 11.5 Å². The Kier molecular flexibility index (Phi) is 6.84. The molecule has 3 heterocycles. The summed E-state index contributed by atoms with van der Waals surface area (Å²) in [6.07, 6.45) is -0.116. The van der Waals surface area contributed by atoms with Gasteiger partial charge in [-0.2, -0.15) is 5.10 Å². The fraction of sp³-hybridized carbons (Fsp3) is 0.375. The summed E-state index contributed by atoms with van der Waals surface area (Å²) >= 11 is 5.85. The lowest BCUT2D eigenvalue weighted by Gasteiger charge is -2.24. The molecule has 3 atom stereocenters. The highest BCUT2D eigenvalue weighted by molar-refractivity contribution is 6.30. The number of fused-ring (bicyclic) bond motifs is 1. The SMILES string of the molecule is Cc1cc2c(C(N)=O)nn(CC(=O)N3C[C@H](F)C[C@H]3C(=O)C[C@H](C)c3cccc(Cl)c3F)c2cn1. The van der Waals surface area contributed by atoms with Gasteiger partial charge in [0.2, 0.25) is 5.91 Å². The molecule has 0 spiro atoms. The van der Waals surface area contributed by atoms with E-state index in [1.165, 1.54) is 21.8 Å². The Labute approximate surface area is 205 Å². The Morgan fingerprint density at radius 3 is 2.77 bits per heavy atom. The quantitative estimate of drug-likeness (QED) is 0.531. The molecule has 0 radical (unpaired) electrons.